The molecular formula is C11H9FN2O. The second-order valence-electron chi connectivity index (χ2n) is 3.15. The quantitative estimate of drug-likeness (QED) is 0.738. The fourth-order valence-corrected chi connectivity index (χ4v) is 1.45. The van der Waals surface area contributed by atoms with Crippen LogP contribution in [0.5, 0.6) is 0 Å². The third-order valence-electron chi connectivity index (χ3n) is 2.22. The van der Waals surface area contributed by atoms with Gasteiger partial charge in [0.05, 0.1) is 12.2 Å². The Balaban J connectivity index is 2.33. The van der Waals surface area contributed by atoms with Crippen LogP contribution in [0, 0.1) is 11.3 Å². The van der Waals surface area contributed by atoms with Gasteiger partial charge < -0.3 is 4.74 Å². The first-order valence-corrected chi connectivity index (χ1v) is 4.46. The standard InChI is InChI=1S/C11H9FN2O/c12-9-3-1-8(2-4-9)10-5-6-15-7-11(10)14-13/h1-7,10,13H. The van der Waals surface area contributed by atoms with Crippen LogP contribution >= 0.6 is 0 Å². The fourth-order valence-electron chi connectivity index (χ4n) is 1.45. The summed E-state index contributed by atoms with van der Waals surface area (Å²) in [7, 11) is 0. The second-order valence-corrected chi connectivity index (χ2v) is 3.15. The van der Waals surface area contributed by atoms with E-state index in [9.17, 15) is 4.39 Å². The number of hydrogen-bond acceptors (Lipinski definition) is 3. The molecule has 1 aromatic carbocycles. The minimum absolute atomic E-state index is 0.128. The first-order chi connectivity index (χ1) is 7.31. The third-order valence-corrected chi connectivity index (χ3v) is 2.22. The lowest BCUT2D eigenvalue weighted by atomic mass is 9.96. The second kappa shape index (κ2) is 4.04. The van der Waals surface area contributed by atoms with Crippen LogP contribution in [0.4, 0.5) is 4.39 Å². The van der Waals surface area contributed by atoms with Crippen LogP contribution in [0.3, 0.4) is 0 Å². The highest BCUT2D eigenvalue weighted by Gasteiger charge is 2.16. The molecule has 0 saturated carbocycles. The highest BCUT2D eigenvalue weighted by Crippen LogP contribution is 2.29. The van der Waals surface area contributed by atoms with Crippen LogP contribution in [0.2, 0.25) is 0 Å². The largest absolute Gasteiger partial charge is 0.471 e. The van der Waals surface area contributed by atoms with Gasteiger partial charge in [0.25, 0.3) is 0 Å². The zero-order valence-corrected chi connectivity index (χ0v) is 7.85. The van der Waals surface area contributed by atoms with Crippen molar-refractivity contribution < 1.29 is 9.13 Å². The van der Waals surface area contributed by atoms with Crippen molar-refractivity contribution >= 4 is 0 Å². The van der Waals surface area contributed by atoms with E-state index in [0.717, 1.165) is 5.56 Å². The Hall–Kier alpha value is -1.97. The Kier molecular flexibility index (Phi) is 2.58. The van der Waals surface area contributed by atoms with Crippen molar-refractivity contribution in [2.75, 3.05) is 0 Å². The smallest absolute Gasteiger partial charge is 0.123 e. The molecule has 1 atom stereocenters. The molecular weight excluding hydrogens is 195 g/mol. The maximum atomic E-state index is 12.7. The molecule has 4 heteroatoms. The first-order valence-electron chi connectivity index (χ1n) is 4.46. The Morgan fingerprint density at radius 2 is 2.00 bits per heavy atom. The maximum absolute atomic E-state index is 12.7. The van der Waals surface area contributed by atoms with Crippen molar-refractivity contribution in [1.82, 2.24) is 0 Å². The molecule has 1 aliphatic heterocycles. The van der Waals surface area contributed by atoms with E-state index in [-0.39, 0.29) is 11.7 Å². The lowest BCUT2D eigenvalue weighted by molar-refractivity contribution is 0.381. The molecule has 76 valence electrons. The number of nitrogens with zero attached hydrogens (tertiary/aromatic N) is 1. The fraction of sp³-hybridized carbons (Fsp3) is 0.0909. The van der Waals surface area contributed by atoms with E-state index in [4.69, 9.17) is 10.3 Å². The lowest BCUT2D eigenvalue weighted by Crippen LogP contribution is -2.01. The molecule has 3 nitrogen and oxygen atoms in total. The monoisotopic (exact) mass is 204 g/mol. The molecule has 2 rings (SSSR count). The normalized spacial score (nSPS) is 19.3. The van der Waals surface area contributed by atoms with Crippen LogP contribution in [0.1, 0.15) is 11.5 Å². The SMILES string of the molecule is N=NC1=COC=CC1c1ccc(F)cc1. The van der Waals surface area contributed by atoms with Gasteiger partial charge in [0.15, 0.2) is 0 Å². The molecule has 15 heavy (non-hydrogen) atoms. The number of benzene rings is 1. The van der Waals surface area contributed by atoms with Gasteiger partial charge in [-0.15, -0.1) is 0 Å². The summed E-state index contributed by atoms with van der Waals surface area (Å²) in [5.41, 5.74) is 8.38. The van der Waals surface area contributed by atoms with E-state index in [1.807, 2.05) is 0 Å². The van der Waals surface area contributed by atoms with E-state index in [1.165, 1.54) is 24.7 Å². The molecule has 0 aliphatic carbocycles. The molecule has 0 bridgehead atoms. The molecule has 0 radical (unpaired) electrons. The topological polar surface area (TPSA) is 45.4 Å². The molecule has 1 aromatic rings. The summed E-state index contributed by atoms with van der Waals surface area (Å²) in [5, 5.41) is 3.37. The van der Waals surface area contributed by atoms with E-state index in [0.29, 0.717) is 5.70 Å². The van der Waals surface area contributed by atoms with Crippen LogP contribution in [-0.4, -0.2) is 0 Å². The van der Waals surface area contributed by atoms with Gasteiger partial charge in [0, 0.05) is 0 Å². The summed E-state index contributed by atoms with van der Waals surface area (Å²) < 4.78 is 17.6. The van der Waals surface area contributed by atoms with Crippen molar-refractivity contribution in [1.29, 1.82) is 5.53 Å². The predicted molar refractivity (Wildman–Crippen MR) is 52.6 cm³/mol. The molecule has 0 saturated heterocycles. The summed E-state index contributed by atoms with van der Waals surface area (Å²) in [4.78, 5) is 0. The summed E-state index contributed by atoms with van der Waals surface area (Å²) in [6.07, 6.45) is 4.73. The average Bonchev–Trinajstić information content (AvgIpc) is 2.30. The molecule has 0 fully saturated rings. The summed E-state index contributed by atoms with van der Waals surface area (Å²) in [6.45, 7) is 0. The van der Waals surface area contributed by atoms with Gasteiger partial charge in [-0.25, -0.2) is 9.92 Å². The highest BCUT2D eigenvalue weighted by molar-refractivity contribution is 5.33. The summed E-state index contributed by atoms with van der Waals surface area (Å²) >= 11 is 0. The highest BCUT2D eigenvalue weighted by atomic mass is 19.1. The number of ether oxygens (including phenoxy) is 1. The van der Waals surface area contributed by atoms with Crippen molar-refractivity contribution in [3.8, 4) is 0 Å². The number of rotatable bonds is 2. The number of nitrogens with one attached hydrogen (secondary N) is 1. The van der Waals surface area contributed by atoms with Crippen molar-refractivity contribution in [2.24, 2.45) is 5.11 Å². The predicted octanol–water partition coefficient (Wildman–Crippen LogP) is 3.33. The first kappa shape index (κ1) is 9.58. The molecule has 1 unspecified atom stereocenters. The minimum Gasteiger partial charge on any atom is -0.471 e. The van der Waals surface area contributed by atoms with Crippen molar-refractivity contribution in [2.45, 2.75) is 5.92 Å². The lowest BCUT2D eigenvalue weighted by Gasteiger charge is -2.15. The van der Waals surface area contributed by atoms with Crippen LogP contribution < -0.4 is 0 Å². The Morgan fingerprint density at radius 1 is 1.27 bits per heavy atom. The van der Waals surface area contributed by atoms with Gasteiger partial charge in [-0.1, -0.05) is 12.1 Å². The Morgan fingerprint density at radius 3 is 2.67 bits per heavy atom. The van der Waals surface area contributed by atoms with Gasteiger partial charge in [-0.3, -0.25) is 0 Å². The summed E-state index contributed by atoms with van der Waals surface area (Å²) in [6, 6.07) is 6.13. The van der Waals surface area contributed by atoms with Gasteiger partial charge in [-0.2, -0.15) is 5.11 Å². The third kappa shape index (κ3) is 1.93. The molecule has 1 heterocycles. The van der Waals surface area contributed by atoms with Crippen LogP contribution in [0.15, 0.2) is 53.7 Å². The van der Waals surface area contributed by atoms with Gasteiger partial charge >= 0.3 is 0 Å². The van der Waals surface area contributed by atoms with Crippen molar-refractivity contribution in [3.05, 3.63) is 59.9 Å². The number of hydrogen-bond donors (Lipinski definition) is 1. The van der Waals surface area contributed by atoms with Gasteiger partial charge in [-0.05, 0) is 23.8 Å². The summed E-state index contributed by atoms with van der Waals surface area (Å²) in [5.74, 6) is -0.403. The van der Waals surface area contributed by atoms with E-state index in [2.05, 4.69) is 5.11 Å². The molecule has 1 aliphatic rings. The molecule has 0 aromatic heterocycles. The zero-order chi connectivity index (χ0) is 10.7. The molecule has 0 spiro atoms. The molecule has 0 amide bonds. The average molecular weight is 204 g/mol. The minimum atomic E-state index is -0.275. The van der Waals surface area contributed by atoms with Crippen molar-refractivity contribution in [3.63, 3.8) is 0 Å². The Labute approximate surface area is 86.4 Å². The van der Waals surface area contributed by atoms with Gasteiger partial charge in [0.1, 0.15) is 17.8 Å². The van der Waals surface area contributed by atoms with Crippen LogP contribution in [0.25, 0.3) is 0 Å². The Bertz CT molecular complexity index is 423. The van der Waals surface area contributed by atoms with E-state index < -0.39 is 0 Å². The molecule has 1 N–H and O–H groups in total. The van der Waals surface area contributed by atoms with Crippen LogP contribution in [-0.2, 0) is 4.74 Å². The van der Waals surface area contributed by atoms with Gasteiger partial charge in [0.2, 0.25) is 0 Å². The van der Waals surface area contributed by atoms with E-state index >= 15 is 0 Å². The zero-order valence-electron chi connectivity index (χ0n) is 7.85. The number of halogens is 1. The van der Waals surface area contributed by atoms with E-state index in [1.54, 1.807) is 18.2 Å². The maximum Gasteiger partial charge on any atom is 0.123 e. The number of allylic oxidation sites excluding steroid dienone is 1.